The zero-order valence-corrected chi connectivity index (χ0v) is 15.4. The molecule has 2 aromatic rings. The zero-order valence-electron chi connectivity index (χ0n) is 13.9. The van der Waals surface area contributed by atoms with Gasteiger partial charge in [0.05, 0.1) is 21.1 Å². The van der Waals surface area contributed by atoms with Crippen LogP contribution in [0.3, 0.4) is 0 Å². The average Bonchev–Trinajstić information content (AvgIpc) is 2.91. The van der Waals surface area contributed by atoms with Crippen molar-refractivity contribution >= 4 is 45.4 Å². The Morgan fingerprint density at radius 1 is 1.42 bits per heavy atom. The highest BCUT2D eigenvalue weighted by molar-refractivity contribution is 7.17. The number of halogens is 1. The molecular weight excluding hydrogens is 378 g/mol. The summed E-state index contributed by atoms with van der Waals surface area (Å²) in [5, 5.41) is 13.8. The van der Waals surface area contributed by atoms with Gasteiger partial charge in [-0.25, -0.2) is 0 Å². The Morgan fingerprint density at radius 2 is 2.15 bits per heavy atom. The van der Waals surface area contributed by atoms with Gasteiger partial charge in [-0.2, -0.15) is 0 Å². The zero-order chi connectivity index (χ0) is 19.0. The summed E-state index contributed by atoms with van der Waals surface area (Å²) in [5.74, 6) is -0.615. The fraction of sp³-hybridized carbons (Fsp3) is 0.294. The molecule has 1 heterocycles. The molecule has 3 N–H and O–H groups in total. The number of anilines is 1. The molecule has 7 nitrogen and oxygen atoms in total. The van der Waals surface area contributed by atoms with E-state index in [1.807, 2.05) is 0 Å². The molecule has 1 aromatic carbocycles. The number of non-ortho nitro benzene ring substituents is 1. The highest BCUT2D eigenvalue weighted by Gasteiger charge is 2.27. The molecule has 9 heteroatoms. The van der Waals surface area contributed by atoms with Gasteiger partial charge in [0.25, 0.3) is 17.5 Å². The number of hydrogen-bond donors (Lipinski definition) is 2. The molecule has 0 fully saturated rings. The van der Waals surface area contributed by atoms with E-state index in [1.54, 1.807) is 0 Å². The fourth-order valence-corrected chi connectivity index (χ4v) is 4.74. The van der Waals surface area contributed by atoms with E-state index in [0.717, 1.165) is 35.8 Å². The van der Waals surface area contributed by atoms with Crippen LogP contribution in [0.1, 0.15) is 44.5 Å². The first-order valence-electron chi connectivity index (χ1n) is 7.97. The predicted octanol–water partition coefficient (Wildman–Crippen LogP) is 3.79. The Labute approximate surface area is 158 Å². The molecule has 0 saturated carbocycles. The minimum absolute atomic E-state index is 0.0349. The third-order valence-corrected chi connectivity index (χ3v) is 5.88. The van der Waals surface area contributed by atoms with Crippen LogP contribution in [-0.2, 0) is 12.8 Å². The number of amides is 2. The first-order chi connectivity index (χ1) is 12.3. The predicted molar refractivity (Wildman–Crippen MR) is 100 cm³/mol. The number of thiophene rings is 1. The summed E-state index contributed by atoms with van der Waals surface area (Å²) < 4.78 is 0. The lowest BCUT2D eigenvalue weighted by molar-refractivity contribution is -0.384. The molecule has 26 heavy (non-hydrogen) atoms. The lowest BCUT2D eigenvalue weighted by Crippen LogP contribution is -2.19. The average molecular weight is 394 g/mol. The van der Waals surface area contributed by atoms with Crippen LogP contribution in [0.25, 0.3) is 0 Å². The van der Waals surface area contributed by atoms with Crippen LogP contribution in [-0.4, -0.2) is 16.7 Å². The van der Waals surface area contributed by atoms with Crippen LogP contribution in [0.2, 0.25) is 5.02 Å². The Kier molecular flexibility index (Phi) is 4.97. The Hall–Kier alpha value is -2.45. The van der Waals surface area contributed by atoms with Gasteiger partial charge in [0.15, 0.2) is 0 Å². The van der Waals surface area contributed by atoms with Gasteiger partial charge in [0.2, 0.25) is 0 Å². The summed E-state index contributed by atoms with van der Waals surface area (Å²) in [4.78, 5) is 35.7. The Morgan fingerprint density at radius 3 is 2.77 bits per heavy atom. The minimum atomic E-state index is -0.590. The summed E-state index contributed by atoms with van der Waals surface area (Å²) in [6, 6.07) is 3.61. The molecular formula is C17H16ClN3O4S. The molecule has 0 spiro atoms. The first kappa shape index (κ1) is 18.3. The number of fused-ring (bicyclic) bond motifs is 1. The van der Waals surface area contributed by atoms with Gasteiger partial charge >= 0.3 is 0 Å². The maximum atomic E-state index is 12.6. The maximum Gasteiger partial charge on any atom is 0.270 e. The van der Waals surface area contributed by atoms with Crippen LogP contribution in [0.4, 0.5) is 10.7 Å². The topological polar surface area (TPSA) is 115 Å². The van der Waals surface area contributed by atoms with Crippen LogP contribution < -0.4 is 11.1 Å². The lowest BCUT2D eigenvalue weighted by atomic mass is 9.88. The number of carbonyl (C=O) groups is 2. The van der Waals surface area contributed by atoms with E-state index in [0.29, 0.717) is 16.5 Å². The second-order valence-corrected chi connectivity index (χ2v) is 7.81. The third kappa shape index (κ3) is 3.42. The van der Waals surface area contributed by atoms with E-state index in [9.17, 15) is 19.7 Å². The Bertz CT molecular complexity index is 925. The van der Waals surface area contributed by atoms with Gasteiger partial charge in [-0.1, -0.05) is 18.5 Å². The first-order valence-corrected chi connectivity index (χ1v) is 9.17. The smallest absolute Gasteiger partial charge is 0.270 e. The van der Waals surface area contributed by atoms with E-state index >= 15 is 0 Å². The van der Waals surface area contributed by atoms with Gasteiger partial charge in [0, 0.05) is 17.0 Å². The van der Waals surface area contributed by atoms with E-state index in [1.165, 1.54) is 23.5 Å². The lowest BCUT2D eigenvalue weighted by Gasteiger charge is -2.18. The highest BCUT2D eigenvalue weighted by atomic mass is 35.5. The van der Waals surface area contributed by atoms with Crippen LogP contribution in [0.15, 0.2) is 18.2 Å². The summed E-state index contributed by atoms with van der Waals surface area (Å²) >= 11 is 7.35. The van der Waals surface area contributed by atoms with Crippen molar-refractivity contribution in [3.05, 3.63) is 54.9 Å². The highest BCUT2D eigenvalue weighted by Crippen LogP contribution is 2.39. The monoisotopic (exact) mass is 393 g/mol. The molecule has 2 amide bonds. The number of primary amides is 1. The van der Waals surface area contributed by atoms with Crippen molar-refractivity contribution < 1.29 is 14.5 Å². The van der Waals surface area contributed by atoms with Crippen LogP contribution in [0, 0.1) is 16.0 Å². The number of nitrogens with one attached hydrogen (secondary N) is 1. The molecule has 0 saturated heterocycles. The van der Waals surface area contributed by atoms with Gasteiger partial charge in [-0.3, -0.25) is 19.7 Å². The summed E-state index contributed by atoms with van der Waals surface area (Å²) in [6.45, 7) is 2.14. The van der Waals surface area contributed by atoms with Crippen molar-refractivity contribution in [1.29, 1.82) is 0 Å². The molecule has 1 aliphatic rings. The third-order valence-electron chi connectivity index (χ3n) is 4.39. The van der Waals surface area contributed by atoms with Gasteiger partial charge < -0.3 is 11.1 Å². The van der Waals surface area contributed by atoms with Crippen LogP contribution in [0.5, 0.6) is 0 Å². The SMILES string of the molecule is CC1CCc2c(sc(NC(=O)c3ccc([N+](=O)[O-])cc3Cl)c2C(N)=O)C1. The molecule has 0 aliphatic heterocycles. The fourth-order valence-electron chi connectivity index (χ4n) is 3.07. The largest absolute Gasteiger partial charge is 0.365 e. The number of nitrogens with two attached hydrogens (primary N) is 1. The second kappa shape index (κ2) is 7.05. The number of nitro groups is 1. The molecule has 1 unspecified atom stereocenters. The van der Waals surface area contributed by atoms with Crippen molar-refractivity contribution in [3.8, 4) is 0 Å². The molecule has 136 valence electrons. The van der Waals surface area contributed by atoms with Crippen molar-refractivity contribution in [2.24, 2.45) is 11.7 Å². The number of hydrogen-bond acceptors (Lipinski definition) is 5. The van der Waals surface area contributed by atoms with E-state index in [-0.39, 0.29) is 16.3 Å². The molecule has 0 bridgehead atoms. The second-order valence-electron chi connectivity index (χ2n) is 6.30. The molecule has 1 atom stereocenters. The van der Waals surface area contributed by atoms with Gasteiger partial charge in [-0.15, -0.1) is 11.3 Å². The van der Waals surface area contributed by atoms with E-state index in [2.05, 4.69) is 12.2 Å². The summed E-state index contributed by atoms with van der Waals surface area (Å²) in [5.41, 5.74) is 6.68. The standard InChI is InChI=1S/C17H16ClN3O4S/c1-8-2-4-11-13(6-8)26-17(14(11)15(19)22)20-16(23)10-5-3-9(21(24)25)7-12(10)18/h3,5,7-8H,2,4,6H2,1H3,(H2,19,22)(H,20,23). The van der Waals surface area contributed by atoms with Crippen molar-refractivity contribution in [3.63, 3.8) is 0 Å². The maximum absolute atomic E-state index is 12.6. The minimum Gasteiger partial charge on any atom is -0.365 e. The molecule has 1 aliphatic carbocycles. The van der Waals surface area contributed by atoms with Crippen molar-refractivity contribution in [1.82, 2.24) is 0 Å². The number of carbonyl (C=O) groups excluding carboxylic acids is 2. The molecule has 0 radical (unpaired) electrons. The normalized spacial score (nSPS) is 16.0. The molecule has 3 rings (SSSR count). The van der Waals surface area contributed by atoms with E-state index < -0.39 is 16.7 Å². The van der Waals surface area contributed by atoms with Gasteiger partial charge in [-0.05, 0) is 36.8 Å². The number of benzene rings is 1. The quantitative estimate of drug-likeness (QED) is 0.607. The van der Waals surface area contributed by atoms with Crippen molar-refractivity contribution in [2.45, 2.75) is 26.2 Å². The van der Waals surface area contributed by atoms with E-state index in [4.69, 9.17) is 17.3 Å². The number of nitrogens with zero attached hydrogens (tertiary/aromatic N) is 1. The Balaban J connectivity index is 1.93. The summed E-state index contributed by atoms with van der Waals surface area (Å²) in [7, 11) is 0. The number of nitro benzene ring substituents is 1. The van der Waals surface area contributed by atoms with Crippen molar-refractivity contribution in [2.75, 3.05) is 5.32 Å². The van der Waals surface area contributed by atoms with Gasteiger partial charge in [0.1, 0.15) is 5.00 Å². The summed E-state index contributed by atoms with van der Waals surface area (Å²) in [6.07, 6.45) is 2.56. The molecule has 1 aromatic heterocycles. The number of rotatable bonds is 4. The van der Waals surface area contributed by atoms with Crippen LogP contribution >= 0.6 is 22.9 Å².